The third kappa shape index (κ3) is 3.72. The molecule has 0 bridgehead atoms. The van der Waals surface area contributed by atoms with Gasteiger partial charge >= 0.3 is 0 Å². The average Bonchev–Trinajstić information content (AvgIpc) is 2.97. The van der Waals surface area contributed by atoms with E-state index in [2.05, 4.69) is 42.9 Å². The topological polar surface area (TPSA) is 32.9 Å². The zero-order chi connectivity index (χ0) is 16.2. The third-order valence-corrected chi connectivity index (χ3v) is 5.05. The molecule has 0 aliphatic carbocycles. The summed E-state index contributed by atoms with van der Waals surface area (Å²) in [5, 5.41) is 3.12. The summed E-state index contributed by atoms with van der Waals surface area (Å²) in [6.45, 7) is 0. The predicted octanol–water partition coefficient (Wildman–Crippen LogP) is 6.45. The lowest BCUT2D eigenvalue weighted by molar-refractivity contribution is 0.603. The highest BCUT2D eigenvalue weighted by atomic mass is 79.9. The van der Waals surface area contributed by atoms with Crippen molar-refractivity contribution in [2.75, 3.05) is 0 Å². The molecular formula is C18H12Br2NOP. The molecule has 0 saturated carbocycles. The summed E-state index contributed by atoms with van der Waals surface area (Å²) in [5.74, 6) is 0. The number of aromatic nitrogens is 1. The molecule has 0 aliphatic heterocycles. The third-order valence-electron chi connectivity index (χ3n) is 3.42. The van der Waals surface area contributed by atoms with Crippen LogP contribution < -0.4 is 5.30 Å². The normalized spacial score (nSPS) is 10.7. The minimum Gasteiger partial charge on any atom is -0.354 e. The Hall–Kier alpha value is -1.48. The second-order valence-electron chi connectivity index (χ2n) is 4.90. The van der Waals surface area contributed by atoms with E-state index < -0.39 is 0 Å². The van der Waals surface area contributed by atoms with Gasteiger partial charge in [-0.2, -0.15) is 0 Å². The number of benzene rings is 3. The van der Waals surface area contributed by atoms with Gasteiger partial charge in [-0.3, -0.25) is 4.57 Å². The van der Waals surface area contributed by atoms with Crippen molar-refractivity contribution >= 4 is 67.4 Å². The summed E-state index contributed by atoms with van der Waals surface area (Å²) in [5.41, 5.74) is 2.05. The number of nitrogens with one attached hydrogen (secondary N) is 1. The highest BCUT2D eigenvalue weighted by molar-refractivity contribution is 9.11. The van der Waals surface area contributed by atoms with Gasteiger partial charge in [-0.1, -0.05) is 62.2 Å². The second kappa shape index (κ2) is 7.39. The van der Waals surface area contributed by atoms with Gasteiger partial charge in [0.25, 0.3) is 0 Å². The van der Waals surface area contributed by atoms with Crippen LogP contribution in [0.1, 0.15) is 0 Å². The Morgan fingerprint density at radius 1 is 0.739 bits per heavy atom. The maximum atomic E-state index is 11.0. The number of para-hydroxylation sites is 2. The molecule has 23 heavy (non-hydrogen) atoms. The fraction of sp³-hybridized carbons (Fsp3) is 0. The highest BCUT2D eigenvalue weighted by Crippen LogP contribution is 2.24. The molecule has 1 aromatic heterocycles. The van der Waals surface area contributed by atoms with E-state index in [0.29, 0.717) is 0 Å². The maximum absolute atomic E-state index is 11.0. The van der Waals surface area contributed by atoms with Gasteiger partial charge in [0, 0.05) is 25.2 Å². The van der Waals surface area contributed by atoms with Crippen LogP contribution >= 0.6 is 40.3 Å². The summed E-state index contributed by atoms with van der Waals surface area (Å²) in [6, 6.07) is 21.9. The molecule has 3 aromatic carbocycles. The lowest BCUT2D eigenvalue weighted by Gasteiger charge is -1.91. The number of H-pyrrole nitrogens is 1. The molecule has 0 aliphatic rings. The van der Waals surface area contributed by atoms with Crippen LogP contribution in [0.5, 0.6) is 0 Å². The van der Waals surface area contributed by atoms with Crippen molar-refractivity contribution in [3.05, 3.63) is 75.7 Å². The molecule has 1 N–H and O–H groups in total. The standard InChI is InChI=1S/C12H8NOP.C6H4Br2/c14-15-11-7-3-5-9-8-4-1-2-6-10(8)13-12(9)11;7-5-1-2-6(8)4-3-5/h1-7,13H;1-4H. The van der Waals surface area contributed by atoms with Gasteiger partial charge in [-0.25, -0.2) is 0 Å². The van der Waals surface area contributed by atoms with Crippen LogP contribution in [0.3, 0.4) is 0 Å². The molecule has 0 unspecified atom stereocenters. The molecule has 5 heteroatoms. The molecule has 0 fully saturated rings. The van der Waals surface area contributed by atoms with Crippen LogP contribution in [0.25, 0.3) is 21.8 Å². The molecule has 4 aromatic rings. The van der Waals surface area contributed by atoms with Gasteiger partial charge in [-0.15, -0.1) is 0 Å². The molecule has 0 amide bonds. The molecule has 2 nitrogen and oxygen atoms in total. The number of rotatable bonds is 1. The lowest BCUT2D eigenvalue weighted by Crippen LogP contribution is -1.91. The maximum Gasteiger partial charge on any atom is 0.194 e. The van der Waals surface area contributed by atoms with E-state index in [0.717, 1.165) is 30.7 Å². The van der Waals surface area contributed by atoms with E-state index in [-0.39, 0.29) is 8.46 Å². The lowest BCUT2D eigenvalue weighted by atomic mass is 10.1. The van der Waals surface area contributed by atoms with Crippen LogP contribution in [-0.4, -0.2) is 4.98 Å². The van der Waals surface area contributed by atoms with Crippen molar-refractivity contribution in [3.63, 3.8) is 0 Å². The molecule has 0 saturated heterocycles. The van der Waals surface area contributed by atoms with E-state index in [1.165, 1.54) is 5.39 Å². The van der Waals surface area contributed by atoms with Gasteiger partial charge in [0.15, 0.2) is 8.46 Å². The fourth-order valence-corrected chi connectivity index (χ4v) is 3.31. The Morgan fingerprint density at radius 3 is 2.00 bits per heavy atom. The summed E-state index contributed by atoms with van der Waals surface area (Å²) >= 11 is 6.65. The SMILES string of the molecule is Brc1ccc(Br)cc1.O=Pc1cccc2c1[nH]c1ccccc12. The van der Waals surface area contributed by atoms with E-state index in [1.807, 2.05) is 60.7 Å². The van der Waals surface area contributed by atoms with Crippen molar-refractivity contribution in [1.29, 1.82) is 0 Å². The molecular weight excluding hydrogens is 437 g/mol. The predicted molar refractivity (Wildman–Crippen MR) is 105 cm³/mol. The summed E-state index contributed by atoms with van der Waals surface area (Å²) < 4.78 is 13.2. The van der Waals surface area contributed by atoms with E-state index >= 15 is 0 Å². The Morgan fingerprint density at radius 2 is 1.35 bits per heavy atom. The van der Waals surface area contributed by atoms with Gasteiger partial charge in [-0.05, 0) is 36.4 Å². The number of fused-ring (bicyclic) bond motifs is 3. The van der Waals surface area contributed by atoms with Crippen LogP contribution in [0.4, 0.5) is 0 Å². The summed E-state index contributed by atoms with van der Waals surface area (Å²) in [4.78, 5) is 3.29. The summed E-state index contributed by atoms with van der Waals surface area (Å²) in [6.07, 6.45) is 0. The van der Waals surface area contributed by atoms with Crippen LogP contribution in [-0.2, 0) is 4.57 Å². The van der Waals surface area contributed by atoms with E-state index in [1.54, 1.807) is 0 Å². The number of aromatic amines is 1. The van der Waals surface area contributed by atoms with Gasteiger partial charge < -0.3 is 4.98 Å². The first kappa shape index (κ1) is 16.4. The Balaban J connectivity index is 0.000000166. The first-order valence-electron chi connectivity index (χ1n) is 6.93. The van der Waals surface area contributed by atoms with E-state index in [4.69, 9.17) is 0 Å². The molecule has 0 atom stereocenters. The van der Waals surface area contributed by atoms with Crippen molar-refractivity contribution in [2.24, 2.45) is 0 Å². The van der Waals surface area contributed by atoms with Crippen LogP contribution in [0, 0.1) is 0 Å². The van der Waals surface area contributed by atoms with Gasteiger partial charge in [0.05, 0.1) is 10.8 Å². The van der Waals surface area contributed by atoms with Gasteiger partial charge in [0.2, 0.25) is 0 Å². The second-order valence-corrected chi connectivity index (χ2v) is 7.39. The largest absolute Gasteiger partial charge is 0.354 e. The smallest absolute Gasteiger partial charge is 0.194 e. The van der Waals surface area contributed by atoms with E-state index in [9.17, 15) is 4.57 Å². The average molecular weight is 449 g/mol. The minimum atomic E-state index is 0.0598. The van der Waals surface area contributed by atoms with Crippen molar-refractivity contribution in [2.45, 2.75) is 0 Å². The first-order valence-corrected chi connectivity index (χ1v) is 9.33. The Kier molecular flexibility index (Phi) is 5.27. The number of hydrogen-bond donors (Lipinski definition) is 1. The minimum absolute atomic E-state index is 0.0598. The monoisotopic (exact) mass is 447 g/mol. The fourth-order valence-electron chi connectivity index (χ4n) is 2.36. The summed E-state index contributed by atoms with van der Waals surface area (Å²) in [7, 11) is 0.0598. The molecule has 0 radical (unpaired) electrons. The van der Waals surface area contributed by atoms with Gasteiger partial charge in [0.1, 0.15) is 0 Å². The van der Waals surface area contributed by atoms with Crippen LogP contribution in [0.15, 0.2) is 75.7 Å². The number of halogens is 2. The Labute approximate surface area is 152 Å². The first-order chi connectivity index (χ1) is 11.2. The molecule has 4 rings (SSSR count). The molecule has 0 spiro atoms. The van der Waals surface area contributed by atoms with Crippen molar-refractivity contribution in [1.82, 2.24) is 4.98 Å². The Bertz CT molecular complexity index is 943. The molecule has 114 valence electrons. The van der Waals surface area contributed by atoms with Crippen LogP contribution in [0.2, 0.25) is 0 Å². The highest BCUT2D eigenvalue weighted by Gasteiger charge is 2.06. The molecule has 1 heterocycles. The number of hydrogen-bond acceptors (Lipinski definition) is 1. The zero-order valence-corrected chi connectivity index (χ0v) is 16.0. The van der Waals surface area contributed by atoms with Crippen molar-refractivity contribution in [3.8, 4) is 0 Å². The quantitative estimate of drug-likeness (QED) is 0.333. The zero-order valence-electron chi connectivity index (χ0n) is 12.0. The van der Waals surface area contributed by atoms with Crippen molar-refractivity contribution < 1.29 is 4.57 Å².